The van der Waals surface area contributed by atoms with Crippen molar-refractivity contribution in [2.75, 3.05) is 20.3 Å². The monoisotopic (exact) mass is 295 g/mol. The van der Waals surface area contributed by atoms with Crippen LogP contribution in [0.5, 0.6) is 0 Å². The van der Waals surface area contributed by atoms with Gasteiger partial charge in [0.05, 0.1) is 17.7 Å². The molecule has 0 saturated carbocycles. The number of ether oxygens (including phenoxy) is 1. The molecular formula is C12H16Cl2FNO2. The normalized spacial score (nSPS) is 14.6. The molecule has 2 N–H and O–H groups in total. The van der Waals surface area contributed by atoms with Gasteiger partial charge in [-0.05, 0) is 19.1 Å². The Morgan fingerprint density at radius 3 is 2.72 bits per heavy atom. The summed E-state index contributed by atoms with van der Waals surface area (Å²) in [5.41, 5.74) is 0.372. The molecule has 0 bridgehead atoms. The van der Waals surface area contributed by atoms with Crippen LogP contribution in [0.15, 0.2) is 12.1 Å². The highest BCUT2D eigenvalue weighted by molar-refractivity contribution is 6.34. The first-order chi connectivity index (χ1) is 8.45. The van der Waals surface area contributed by atoms with Gasteiger partial charge in [0, 0.05) is 30.3 Å². The lowest BCUT2D eigenvalue weighted by molar-refractivity contribution is 0.0630. The highest BCUT2D eigenvalue weighted by Gasteiger charge is 2.15. The average Bonchev–Trinajstić information content (AvgIpc) is 2.31. The van der Waals surface area contributed by atoms with Gasteiger partial charge in [0.1, 0.15) is 5.82 Å². The van der Waals surface area contributed by atoms with Gasteiger partial charge in [0.15, 0.2) is 0 Å². The largest absolute Gasteiger partial charge is 0.389 e. The summed E-state index contributed by atoms with van der Waals surface area (Å²) in [6.45, 7) is 2.28. The molecule has 102 valence electrons. The van der Waals surface area contributed by atoms with Crippen LogP contribution in [0, 0.1) is 5.82 Å². The zero-order valence-corrected chi connectivity index (χ0v) is 11.7. The van der Waals surface area contributed by atoms with Crippen molar-refractivity contribution in [1.82, 2.24) is 5.32 Å². The molecular weight excluding hydrogens is 280 g/mol. The first-order valence-corrected chi connectivity index (χ1v) is 6.26. The summed E-state index contributed by atoms with van der Waals surface area (Å²) in [4.78, 5) is 0. The average molecular weight is 296 g/mol. The van der Waals surface area contributed by atoms with Gasteiger partial charge in [0.2, 0.25) is 0 Å². The van der Waals surface area contributed by atoms with Crippen LogP contribution in [0.25, 0.3) is 0 Å². The van der Waals surface area contributed by atoms with E-state index in [1.165, 1.54) is 19.2 Å². The molecule has 2 atom stereocenters. The first kappa shape index (κ1) is 15.7. The van der Waals surface area contributed by atoms with Crippen molar-refractivity contribution in [3.63, 3.8) is 0 Å². The van der Waals surface area contributed by atoms with E-state index in [9.17, 15) is 9.50 Å². The standard InChI is InChI=1S/C12H16Cl2FNO2/c1-7(16-5-9(17)6-18-2)10-3-8(13)4-11(14)12(10)15/h3-4,7,9,16-17H,5-6H2,1-2H3. The Labute approximate surface area is 116 Å². The molecule has 1 aromatic rings. The van der Waals surface area contributed by atoms with E-state index in [2.05, 4.69) is 5.32 Å². The van der Waals surface area contributed by atoms with Crippen LogP contribution in [0.4, 0.5) is 4.39 Å². The Morgan fingerprint density at radius 1 is 1.44 bits per heavy atom. The molecule has 18 heavy (non-hydrogen) atoms. The topological polar surface area (TPSA) is 41.5 Å². The van der Waals surface area contributed by atoms with E-state index in [0.29, 0.717) is 17.1 Å². The second-order valence-corrected chi connectivity index (χ2v) is 4.87. The van der Waals surface area contributed by atoms with Gasteiger partial charge in [-0.2, -0.15) is 0 Å². The van der Waals surface area contributed by atoms with Gasteiger partial charge >= 0.3 is 0 Å². The van der Waals surface area contributed by atoms with Crippen LogP contribution >= 0.6 is 23.2 Å². The molecule has 0 amide bonds. The van der Waals surface area contributed by atoms with E-state index in [1.807, 2.05) is 0 Å². The first-order valence-electron chi connectivity index (χ1n) is 5.50. The molecule has 0 radical (unpaired) electrons. The maximum atomic E-state index is 13.8. The van der Waals surface area contributed by atoms with Gasteiger partial charge in [-0.3, -0.25) is 0 Å². The maximum absolute atomic E-state index is 13.8. The van der Waals surface area contributed by atoms with Crippen molar-refractivity contribution in [2.45, 2.75) is 19.1 Å². The van der Waals surface area contributed by atoms with E-state index in [0.717, 1.165) is 0 Å². The second-order valence-electron chi connectivity index (χ2n) is 4.03. The fourth-order valence-corrected chi connectivity index (χ4v) is 2.07. The number of aliphatic hydroxyl groups is 1. The van der Waals surface area contributed by atoms with E-state index < -0.39 is 11.9 Å². The number of nitrogens with one attached hydrogen (secondary N) is 1. The molecule has 1 rings (SSSR count). The fraction of sp³-hybridized carbons (Fsp3) is 0.500. The zero-order chi connectivity index (χ0) is 13.7. The molecule has 2 unspecified atom stereocenters. The Kier molecular flexibility index (Phi) is 6.32. The molecule has 0 aliphatic heterocycles. The zero-order valence-electron chi connectivity index (χ0n) is 10.2. The van der Waals surface area contributed by atoms with Crippen LogP contribution in [0.2, 0.25) is 10.0 Å². The van der Waals surface area contributed by atoms with Crippen molar-refractivity contribution in [3.8, 4) is 0 Å². The van der Waals surface area contributed by atoms with Crippen LogP contribution in [0.1, 0.15) is 18.5 Å². The summed E-state index contributed by atoms with van der Waals surface area (Å²) in [6.07, 6.45) is -0.643. The smallest absolute Gasteiger partial charge is 0.146 e. The number of methoxy groups -OCH3 is 1. The number of hydrogen-bond acceptors (Lipinski definition) is 3. The lowest BCUT2D eigenvalue weighted by atomic mass is 10.1. The van der Waals surface area contributed by atoms with E-state index >= 15 is 0 Å². The summed E-state index contributed by atoms with van der Waals surface area (Å²) in [5, 5.41) is 12.8. The molecule has 3 nitrogen and oxygen atoms in total. The SMILES string of the molecule is COCC(O)CNC(C)c1cc(Cl)cc(Cl)c1F. The van der Waals surface area contributed by atoms with E-state index in [-0.39, 0.29) is 17.7 Å². The van der Waals surface area contributed by atoms with Crippen molar-refractivity contribution >= 4 is 23.2 Å². The van der Waals surface area contributed by atoms with Crippen LogP contribution in [-0.4, -0.2) is 31.5 Å². The van der Waals surface area contributed by atoms with E-state index in [1.54, 1.807) is 6.92 Å². The molecule has 1 aromatic carbocycles. The predicted octanol–water partition coefficient (Wildman–Crippen LogP) is 2.79. The quantitative estimate of drug-likeness (QED) is 0.793. The molecule has 0 heterocycles. The van der Waals surface area contributed by atoms with Crippen LogP contribution < -0.4 is 5.32 Å². The maximum Gasteiger partial charge on any atom is 0.146 e. The highest BCUT2D eigenvalue weighted by atomic mass is 35.5. The Bertz CT molecular complexity index is 404. The Morgan fingerprint density at radius 2 is 2.11 bits per heavy atom. The number of aliphatic hydroxyl groups excluding tert-OH is 1. The van der Waals surface area contributed by atoms with Gasteiger partial charge < -0.3 is 15.2 Å². The van der Waals surface area contributed by atoms with Gasteiger partial charge in [-0.15, -0.1) is 0 Å². The number of halogens is 3. The number of hydrogen-bond donors (Lipinski definition) is 2. The summed E-state index contributed by atoms with van der Waals surface area (Å²) in [6, 6.07) is 2.56. The molecule has 0 aliphatic rings. The molecule has 0 aromatic heterocycles. The summed E-state index contributed by atoms with van der Waals surface area (Å²) >= 11 is 11.5. The summed E-state index contributed by atoms with van der Waals surface area (Å²) in [7, 11) is 1.50. The molecule has 0 fully saturated rings. The second kappa shape index (κ2) is 7.26. The Hall–Kier alpha value is -0.390. The van der Waals surface area contributed by atoms with Crippen LogP contribution in [-0.2, 0) is 4.74 Å². The third-order valence-electron chi connectivity index (χ3n) is 2.51. The van der Waals surface area contributed by atoms with Crippen molar-refractivity contribution in [3.05, 3.63) is 33.6 Å². The number of benzene rings is 1. The molecule has 6 heteroatoms. The lowest BCUT2D eigenvalue weighted by Gasteiger charge is -2.18. The number of rotatable bonds is 6. The van der Waals surface area contributed by atoms with Gasteiger partial charge in [0.25, 0.3) is 0 Å². The van der Waals surface area contributed by atoms with Crippen molar-refractivity contribution < 1.29 is 14.2 Å². The molecule has 0 spiro atoms. The minimum Gasteiger partial charge on any atom is -0.389 e. The lowest BCUT2D eigenvalue weighted by Crippen LogP contribution is -2.32. The summed E-state index contributed by atoms with van der Waals surface area (Å²) in [5.74, 6) is -0.498. The van der Waals surface area contributed by atoms with E-state index in [4.69, 9.17) is 27.9 Å². The summed E-state index contributed by atoms with van der Waals surface area (Å²) < 4.78 is 18.6. The van der Waals surface area contributed by atoms with Crippen LogP contribution in [0.3, 0.4) is 0 Å². The van der Waals surface area contributed by atoms with Gasteiger partial charge in [-0.25, -0.2) is 4.39 Å². The third kappa shape index (κ3) is 4.37. The molecule has 0 saturated heterocycles. The van der Waals surface area contributed by atoms with Crippen molar-refractivity contribution in [1.29, 1.82) is 0 Å². The van der Waals surface area contributed by atoms with Gasteiger partial charge in [-0.1, -0.05) is 23.2 Å². The fourth-order valence-electron chi connectivity index (χ4n) is 1.57. The minimum atomic E-state index is -0.643. The Balaban J connectivity index is 2.69. The predicted molar refractivity (Wildman–Crippen MR) is 70.7 cm³/mol. The minimum absolute atomic E-state index is 0.0106. The third-order valence-corrected chi connectivity index (χ3v) is 3.00. The highest BCUT2D eigenvalue weighted by Crippen LogP contribution is 2.27. The molecule has 0 aliphatic carbocycles. The van der Waals surface area contributed by atoms with Crippen molar-refractivity contribution in [2.24, 2.45) is 0 Å².